The van der Waals surface area contributed by atoms with Crippen molar-refractivity contribution in [1.29, 1.82) is 0 Å². The van der Waals surface area contributed by atoms with E-state index in [9.17, 15) is 4.79 Å². The smallest absolute Gasteiger partial charge is 0.240 e. The van der Waals surface area contributed by atoms with E-state index in [1.807, 2.05) is 7.05 Å². The lowest BCUT2D eigenvalue weighted by molar-refractivity contribution is -0.134. The van der Waals surface area contributed by atoms with Crippen molar-refractivity contribution in [2.45, 2.75) is 12.1 Å². The first-order chi connectivity index (χ1) is 8.16. The summed E-state index contributed by atoms with van der Waals surface area (Å²) >= 11 is 1.78. The van der Waals surface area contributed by atoms with Crippen molar-refractivity contribution >= 4 is 17.7 Å². The van der Waals surface area contributed by atoms with Gasteiger partial charge in [-0.05, 0) is 7.05 Å². The van der Waals surface area contributed by atoms with Gasteiger partial charge in [0.1, 0.15) is 0 Å². The summed E-state index contributed by atoms with van der Waals surface area (Å²) in [6.07, 6.45) is 0.150. The number of rotatable bonds is 3. The van der Waals surface area contributed by atoms with E-state index in [0.717, 1.165) is 31.3 Å². The maximum atomic E-state index is 12.1. The van der Waals surface area contributed by atoms with E-state index in [-0.39, 0.29) is 18.1 Å². The Morgan fingerprint density at radius 3 is 3.12 bits per heavy atom. The molecule has 2 aliphatic heterocycles. The van der Waals surface area contributed by atoms with E-state index in [2.05, 4.69) is 17.3 Å². The number of nitrogens with one attached hydrogen (secondary N) is 1. The van der Waals surface area contributed by atoms with Crippen LogP contribution in [-0.2, 0) is 9.53 Å². The molecule has 2 atom stereocenters. The summed E-state index contributed by atoms with van der Waals surface area (Å²) in [6, 6.07) is -0.00804. The highest BCUT2D eigenvalue weighted by molar-refractivity contribution is 7.99. The van der Waals surface area contributed by atoms with Gasteiger partial charge in [0.2, 0.25) is 5.91 Å². The van der Waals surface area contributed by atoms with Gasteiger partial charge in [-0.25, -0.2) is 0 Å². The first-order valence-corrected chi connectivity index (χ1v) is 7.18. The van der Waals surface area contributed by atoms with Crippen LogP contribution < -0.4 is 5.32 Å². The fraction of sp³-hybridized carbons (Fsp3) is 0.909. The molecule has 2 fully saturated rings. The molecule has 5 nitrogen and oxygen atoms in total. The molecule has 98 valence electrons. The number of ether oxygens (including phenoxy) is 1. The van der Waals surface area contributed by atoms with Crippen LogP contribution in [0.15, 0.2) is 0 Å². The number of carbonyl (C=O) groups is 1. The van der Waals surface area contributed by atoms with Crippen LogP contribution in [0.2, 0.25) is 0 Å². The fourth-order valence-corrected chi connectivity index (χ4v) is 3.13. The van der Waals surface area contributed by atoms with Gasteiger partial charge < -0.3 is 14.5 Å². The van der Waals surface area contributed by atoms with Crippen molar-refractivity contribution in [2.75, 3.05) is 52.0 Å². The number of nitrogens with zero attached hydrogens (tertiary/aromatic N) is 2. The molecule has 1 N–H and O–H groups in total. The fourth-order valence-electron chi connectivity index (χ4n) is 2.19. The third-order valence-corrected chi connectivity index (χ3v) is 4.15. The van der Waals surface area contributed by atoms with E-state index in [1.54, 1.807) is 16.7 Å². The van der Waals surface area contributed by atoms with Crippen LogP contribution in [0.25, 0.3) is 0 Å². The van der Waals surface area contributed by atoms with Crippen LogP contribution in [0.5, 0.6) is 0 Å². The second-order valence-electron chi connectivity index (χ2n) is 4.75. The number of morpholine rings is 1. The monoisotopic (exact) mass is 259 g/mol. The summed E-state index contributed by atoms with van der Waals surface area (Å²) in [7, 11) is 3.96. The lowest BCUT2D eigenvalue weighted by Gasteiger charge is -2.33. The Bertz CT molecular complexity index is 271. The van der Waals surface area contributed by atoms with Crippen LogP contribution in [-0.4, -0.2) is 79.8 Å². The largest absolute Gasteiger partial charge is 0.374 e. The molecule has 6 heteroatoms. The molecule has 2 saturated heterocycles. The highest BCUT2D eigenvalue weighted by atomic mass is 32.2. The number of amides is 1. The minimum absolute atomic E-state index is 0.00804. The van der Waals surface area contributed by atoms with Crippen molar-refractivity contribution in [3.8, 4) is 0 Å². The molecule has 2 aliphatic rings. The molecule has 0 aromatic carbocycles. The molecule has 2 rings (SSSR count). The van der Waals surface area contributed by atoms with Crippen LogP contribution in [0.1, 0.15) is 0 Å². The topological polar surface area (TPSA) is 44.8 Å². The number of likely N-dealkylation sites (N-methyl/N-ethyl adjacent to an activating group) is 2. The molecule has 0 aromatic rings. The Hall–Kier alpha value is -0.300. The molecule has 0 aromatic heterocycles. The van der Waals surface area contributed by atoms with E-state index in [4.69, 9.17) is 4.74 Å². The molecule has 2 heterocycles. The van der Waals surface area contributed by atoms with Crippen molar-refractivity contribution in [3.05, 3.63) is 0 Å². The van der Waals surface area contributed by atoms with Crippen molar-refractivity contribution in [1.82, 2.24) is 15.1 Å². The maximum Gasteiger partial charge on any atom is 0.240 e. The van der Waals surface area contributed by atoms with Crippen molar-refractivity contribution in [2.24, 2.45) is 0 Å². The molecule has 0 radical (unpaired) electrons. The van der Waals surface area contributed by atoms with Gasteiger partial charge in [0.05, 0.1) is 18.8 Å². The maximum absolute atomic E-state index is 12.1. The SMILES string of the molecule is CN1CCOC(CN(C)C(=O)C2CSCN2)C1. The van der Waals surface area contributed by atoms with E-state index in [1.165, 1.54) is 0 Å². The molecular formula is C11H21N3O2S. The van der Waals surface area contributed by atoms with Gasteiger partial charge in [0.25, 0.3) is 0 Å². The lowest BCUT2D eigenvalue weighted by Crippen LogP contribution is -2.50. The Morgan fingerprint density at radius 1 is 1.65 bits per heavy atom. The predicted molar refractivity (Wildman–Crippen MR) is 69.1 cm³/mol. The Balaban J connectivity index is 1.79. The van der Waals surface area contributed by atoms with Gasteiger partial charge in [-0.15, -0.1) is 11.8 Å². The molecule has 0 aliphatic carbocycles. The zero-order valence-electron chi connectivity index (χ0n) is 10.5. The number of carbonyl (C=O) groups excluding carboxylic acids is 1. The van der Waals surface area contributed by atoms with Gasteiger partial charge in [-0.2, -0.15) is 0 Å². The Labute approximate surface area is 107 Å². The minimum Gasteiger partial charge on any atom is -0.374 e. The molecule has 1 amide bonds. The molecule has 0 spiro atoms. The van der Waals surface area contributed by atoms with Gasteiger partial charge >= 0.3 is 0 Å². The van der Waals surface area contributed by atoms with Crippen LogP contribution in [0.4, 0.5) is 0 Å². The first kappa shape index (κ1) is 13.1. The number of thioether (sulfide) groups is 1. The van der Waals surface area contributed by atoms with Crippen molar-refractivity contribution in [3.63, 3.8) is 0 Å². The van der Waals surface area contributed by atoms with Gasteiger partial charge in [-0.1, -0.05) is 0 Å². The average Bonchev–Trinajstić information content (AvgIpc) is 2.81. The normalized spacial score (nSPS) is 30.5. The summed E-state index contributed by atoms with van der Waals surface area (Å²) in [5, 5.41) is 3.20. The molecular weight excluding hydrogens is 238 g/mol. The summed E-state index contributed by atoms with van der Waals surface area (Å²) in [6.45, 7) is 3.34. The Morgan fingerprint density at radius 2 is 2.47 bits per heavy atom. The second-order valence-corrected chi connectivity index (χ2v) is 5.78. The highest BCUT2D eigenvalue weighted by Gasteiger charge is 2.28. The summed E-state index contributed by atoms with van der Waals surface area (Å²) < 4.78 is 5.67. The van der Waals surface area contributed by atoms with E-state index >= 15 is 0 Å². The van der Waals surface area contributed by atoms with Crippen LogP contribution in [0, 0.1) is 0 Å². The molecule has 17 heavy (non-hydrogen) atoms. The summed E-state index contributed by atoms with van der Waals surface area (Å²) in [5.74, 6) is 1.95. The second kappa shape index (κ2) is 6.04. The summed E-state index contributed by atoms with van der Waals surface area (Å²) in [4.78, 5) is 16.1. The lowest BCUT2D eigenvalue weighted by atomic mass is 10.2. The third kappa shape index (κ3) is 3.58. The zero-order chi connectivity index (χ0) is 12.3. The quantitative estimate of drug-likeness (QED) is 0.736. The Kier molecular flexibility index (Phi) is 4.67. The predicted octanol–water partition coefficient (Wildman–Crippen LogP) is -0.562. The number of hydrogen-bond acceptors (Lipinski definition) is 5. The summed E-state index contributed by atoms with van der Waals surface area (Å²) in [5.41, 5.74) is 0. The third-order valence-electron chi connectivity index (χ3n) is 3.21. The first-order valence-electron chi connectivity index (χ1n) is 6.03. The molecule has 0 bridgehead atoms. The van der Waals surface area contributed by atoms with Crippen LogP contribution in [0.3, 0.4) is 0 Å². The zero-order valence-corrected chi connectivity index (χ0v) is 11.3. The van der Waals surface area contributed by atoms with Crippen LogP contribution >= 0.6 is 11.8 Å². The van der Waals surface area contributed by atoms with Gasteiger partial charge in [-0.3, -0.25) is 10.1 Å². The van der Waals surface area contributed by atoms with Crippen molar-refractivity contribution < 1.29 is 9.53 Å². The number of hydrogen-bond donors (Lipinski definition) is 1. The van der Waals surface area contributed by atoms with Gasteiger partial charge in [0.15, 0.2) is 0 Å². The van der Waals surface area contributed by atoms with E-state index in [0.29, 0.717) is 6.54 Å². The van der Waals surface area contributed by atoms with E-state index < -0.39 is 0 Å². The average molecular weight is 259 g/mol. The van der Waals surface area contributed by atoms with Gasteiger partial charge in [0, 0.05) is 38.3 Å². The highest BCUT2D eigenvalue weighted by Crippen LogP contribution is 2.12. The standard InChI is InChI=1S/C11H21N3O2S/c1-13-3-4-16-9(5-13)6-14(2)11(15)10-7-17-8-12-10/h9-10,12H,3-8H2,1-2H3. The molecule has 0 saturated carbocycles. The molecule has 2 unspecified atom stereocenters. The minimum atomic E-state index is -0.00804.